The first-order valence-corrected chi connectivity index (χ1v) is 6.22. The topological polar surface area (TPSA) is 41.6 Å². The Morgan fingerprint density at radius 2 is 1.81 bits per heavy atom. The van der Waals surface area contributed by atoms with Crippen molar-refractivity contribution in [1.29, 1.82) is 0 Å². The summed E-state index contributed by atoms with van der Waals surface area (Å²) in [5.74, 6) is 0.785. The molecule has 1 rings (SSSR count). The monoisotopic (exact) mass is 225 g/mol. The first kappa shape index (κ1) is 13.5. The van der Waals surface area contributed by atoms with Crippen LogP contribution in [-0.2, 0) is 0 Å². The van der Waals surface area contributed by atoms with Gasteiger partial charge in [-0.1, -0.05) is 27.7 Å². The Labute approximate surface area is 100 Å². The maximum absolute atomic E-state index is 5.99. The second-order valence-corrected chi connectivity index (χ2v) is 6.57. The van der Waals surface area contributed by atoms with Gasteiger partial charge in [-0.2, -0.15) is 0 Å². The van der Waals surface area contributed by atoms with Crippen LogP contribution in [0.15, 0.2) is 4.99 Å². The van der Waals surface area contributed by atoms with Crippen LogP contribution in [0.25, 0.3) is 0 Å². The highest BCUT2D eigenvalue weighted by molar-refractivity contribution is 5.85. The van der Waals surface area contributed by atoms with Crippen LogP contribution >= 0.6 is 0 Å². The highest BCUT2D eigenvalue weighted by Crippen LogP contribution is 2.30. The number of likely N-dealkylation sites (tertiary alicyclic amines) is 1. The lowest BCUT2D eigenvalue weighted by Crippen LogP contribution is -2.39. The van der Waals surface area contributed by atoms with Crippen LogP contribution in [0.4, 0.5) is 0 Å². The van der Waals surface area contributed by atoms with Crippen molar-refractivity contribution < 1.29 is 0 Å². The highest BCUT2D eigenvalue weighted by atomic mass is 15.1. The van der Waals surface area contributed by atoms with Gasteiger partial charge in [0.25, 0.3) is 0 Å². The predicted octanol–water partition coefficient (Wildman–Crippen LogP) is 2.12. The van der Waals surface area contributed by atoms with Crippen LogP contribution in [0.3, 0.4) is 0 Å². The number of amidine groups is 1. The van der Waals surface area contributed by atoms with Gasteiger partial charge in [0.2, 0.25) is 0 Å². The molecule has 0 saturated carbocycles. The van der Waals surface area contributed by atoms with Crippen LogP contribution in [0.1, 0.15) is 40.5 Å². The van der Waals surface area contributed by atoms with Crippen LogP contribution < -0.4 is 5.73 Å². The molecule has 0 bridgehead atoms. The molecule has 0 spiro atoms. The number of piperidine rings is 1. The Morgan fingerprint density at radius 3 is 2.25 bits per heavy atom. The van der Waals surface area contributed by atoms with Gasteiger partial charge in [-0.3, -0.25) is 4.99 Å². The Hall–Kier alpha value is -0.570. The summed E-state index contributed by atoms with van der Waals surface area (Å²) in [4.78, 5) is 6.98. The van der Waals surface area contributed by atoms with Crippen LogP contribution in [0.5, 0.6) is 0 Å². The summed E-state index contributed by atoms with van der Waals surface area (Å²) >= 11 is 0. The number of nitrogens with zero attached hydrogens (tertiary/aromatic N) is 2. The zero-order valence-corrected chi connectivity index (χ0v) is 11.5. The predicted molar refractivity (Wildman–Crippen MR) is 70.8 cm³/mol. The van der Waals surface area contributed by atoms with Crippen molar-refractivity contribution in [2.24, 2.45) is 21.6 Å². The third-order valence-corrected chi connectivity index (χ3v) is 3.59. The fraction of sp³-hybridized carbons (Fsp3) is 0.923. The molecule has 0 unspecified atom stereocenters. The molecule has 16 heavy (non-hydrogen) atoms. The van der Waals surface area contributed by atoms with E-state index in [9.17, 15) is 0 Å². The van der Waals surface area contributed by atoms with E-state index < -0.39 is 0 Å². The Kier molecular flexibility index (Phi) is 4.00. The quantitative estimate of drug-likeness (QED) is 0.578. The van der Waals surface area contributed by atoms with E-state index in [4.69, 9.17) is 5.73 Å². The second kappa shape index (κ2) is 4.74. The molecule has 1 fully saturated rings. The third kappa shape index (κ3) is 3.78. The molecule has 0 amide bonds. The molecule has 3 nitrogen and oxygen atoms in total. The van der Waals surface area contributed by atoms with Gasteiger partial charge in [-0.25, -0.2) is 0 Å². The van der Waals surface area contributed by atoms with Crippen molar-refractivity contribution in [3.05, 3.63) is 0 Å². The van der Waals surface area contributed by atoms with Crippen LogP contribution in [-0.4, -0.2) is 37.4 Å². The SMILES string of the molecule is CN1CCC(C)(CN=C(N)C(C)(C)C)CC1. The molecule has 0 aliphatic carbocycles. The summed E-state index contributed by atoms with van der Waals surface area (Å²) < 4.78 is 0. The van der Waals surface area contributed by atoms with Gasteiger partial charge >= 0.3 is 0 Å². The molecule has 1 heterocycles. The van der Waals surface area contributed by atoms with Crippen molar-refractivity contribution in [2.45, 2.75) is 40.5 Å². The van der Waals surface area contributed by atoms with Crippen molar-refractivity contribution >= 4 is 5.84 Å². The maximum atomic E-state index is 5.99. The second-order valence-electron chi connectivity index (χ2n) is 6.57. The molecule has 1 aliphatic heterocycles. The number of aliphatic imine (C=N–C) groups is 1. The summed E-state index contributed by atoms with van der Waals surface area (Å²) in [6, 6.07) is 0. The van der Waals surface area contributed by atoms with Crippen molar-refractivity contribution in [1.82, 2.24) is 4.90 Å². The molecule has 1 aliphatic rings. The standard InChI is InChI=1S/C13H27N3/c1-12(2,3)11(14)15-10-13(4)6-8-16(5)9-7-13/h6-10H2,1-5H3,(H2,14,15). The average Bonchev–Trinajstić information content (AvgIpc) is 2.18. The molecule has 2 N–H and O–H groups in total. The van der Waals surface area contributed by atoms with Crippen LogP contribution in [0.2, 0.25) is 0 Å². The molecule has 0 aromatic rings. The lowest BCUT2D eigenvalue weighted by Gasteiger charge is -2.37. The minimum absolute atomic E-state index is 0.00180. The smallest absolute Gasteiger partial charge is 0.0991 e. The number of rotatable bonds is 2. The number of hydrogen-bond acceptors (Lipinski definition) is 2. The molecule has 1 saturated heterocycles. The fourth-order valence-electron chi connectivity index (χ4n) is 1.83. The number of hydrogen-bond donors (Lipinski definition) is 1. The summed E-state index contributed by atoms with van der Waals surface area (Å²) in [6.07, 6.45) is 2.45. The van der Waals surface area contributed by atoms with Crippen molar-refractivity contribution in [3.63, 3.8) is 0 Å². The van der Waals surface area contributed by atoms with E-state index in [0.29, 0.717) is 5.41 Å². The Balaban J connectivity index is 2.54. The van der Waals surface area contributed by atoms with Gasteiger partial charge in [0.1, 0.15) is 0 Å². The zero-order valence-electron chi connectivity index (χ0n) is 11.5. The van der Waals surface area contributed by atoms with E-state index in [-0.39, 0.29) is 5.41 Å². The molecule has 0 aromatic heterocycles. The van der Waals surface area contributed by atoms with E-state index in [1.165, 1.54) is 25.9 Å². The zero-order chi connectivity index (χ0) is 12.4. The molecule has 0 atom stereocenters. The van der Waals surface area contributed by atoms with E-state index in [1.54, 1.807) is 0 Å². The maximum Gasteiger partial charge on any atom is 0.0991 e. The third-order valence-electron chi connectivity index (χ3n) is 3.59. The fourth-order valence-corrected chi connectivity index (χ4v) is 1.83. The highest BCUT2D eigenvalue weighted by Gasteiger charge is 2.29. The molecular weight excluding hydrogens is 198 g/mol. The molecule has 94 valence electrons. The first-order valence-electron chi connectivity index (χ1n) is 6.22. The van der Waals surface area contributed by atoms with Gasteiger partial charge in [0, 0.05) is 12.0 Å². The van der Waals surface area contributed by atoms with E-state index >= 15 is 0 Å². The number of nitrogens with two attached hydrogens (primary N) is 1. The lowest BCUT2D eigenvalue weighted by atomic mass is 9.80. The van der Waals surface area contributed by atoms with E-state index in [1.807, 2.05) is 0 Å². The van der Waals surface area contributed by atoms with Gasteiger partial charge in [-0.05, 0) is 38.4 Å². The summed E-state index contributed by atoms with van der Waals surface area (Å²) in [6.45, 7) is 11.9. The molecule has 0 radical (unpaired) electrons. The van der Waals surface area contributed by atoms with Crippen molar-refractivity contribution in [3.8, 4) is 0 Å². The molecule has 3 heteroatoms. The van der Waals surface area contributed by atoms with Gasteiger partial charge in [0.15, 0.2) is 0 Å². The lowest BCUT2D eigenvalue weighted by molar-refractivity contribution is 0.147. The summed E-state index contributed by atoms with van der Waals surface area (Å²) in [5, 5.41) is 0. The van der Waals surface area contributed by atoms with E-state index in [0.717, 1.165) is 12.4 Å². The Bertz CT molecular complexity index is 255. The Morgan fingerprint density at radius 1 is 1.31 bits per heavy atom. The minimum atomic E-state index is 0.00180. The van der Waals surface area contributed by atoms with E-state index in [2.05, 4.69) is 44.6 Å². The molecular formula is C13H27N3. The minimum Gasteiger partial charge on any atom is -0.387 e. The largest absolute Gasteiger partial charge is 0.387 e. The first-order chi connectivity index (χ1) is 7.23. The van der Waals surface area contributed by atoms with Gasteiger partial charge < -0.3 is 10.6 Å². The van der Waals surface area contributed by atoms with Crippen LogP contribution in [0, 0.1) is 10.8 Å². The van der Waals surface area contributed by atoms with Crippen molar-refractivity contribution in [2.75, 3.05) is 26.7 Å². The van der Waals surface area contributed by atoms with Gasteiger partial charge in [0.05, 0.1) is 5.84 Å². The average molecular weight is 225 g/mol. The summed E-state index contributed by atoms with van der Waals surface area (Å²) in [7, 11) is 2.19. The van der Waals surface area contributed by atoms with Gasteiger partial charge in [-0.15, -0.1) is 0 Å². The normalized spacial score (nSPS) is 23.4. The summed E-state index contributed by atoms with van der Waals surface area (Å²) in [5.41, 5.74) is 6.35. The molecule has 0 aromatic carbocycles.